The van der Waals surface area contributed by atoms with Gasteiger partial charge in [-0.2, -0.15) is 4.52 Å². The largest absolute Gasteiger partial charge is 0.326 e. The summed E-state index contributed by atoms with van der Waals surface area (Å²) in [7, 11) is 1.80. The van der Waals surface area contributed by atoms with Crippen LogP contribution in [0.2, 0.25) is 0 Å². The first-order valence-corrected chi connectivity index (χ1v) is 5.40. The number of pyridine rings is 1. The Labute approximate surface area is 97.3 Å². The highest BCUT2D eigenvalue weighted by Crippen LogP contribution is 2.13. The second-order valence-electron chi connectivity index (χ2n) is 3.91. The quantitative estimate of drug-likeness (QED) is 0.679. The van der Waals surface area contributed by atoms with Gasteiger partial charge in [0.05, 0.1) is 0 Å². The predicted molar refractivity (Wildman–Crippen MR) is 67.0 cm³/mol. The van der Waals surface area contributed by atoms with Crippen LogP contribution >= 0.6 is 0 Å². The molecule has 17 heavy (non-hydrogen) atoms. The first kappa shape index (κ1) is 9.89. The molecule has 2 heterocycles. The maximum atomic E-state index is 12.2. The predicted octanol–water partition coefficient (Wildman–Crippen LogP) is 1.13. The highest BCUT2D eigenvalue weighted by Gasteiger charge is 2.10. The first-order chi connectivity index (χ1) is 8.22. The Balaban J connectivity index is 2.59. The van der Waals surface area contributed by atoms with Gasteiger partial charge in [0, 0.05) is 12.4 Å². The number of fused-ring (bicyclic) bond motifs is 2. The SMILES string of the molecule is CNn1c(C)nn2c(=O)c3ccccc3cc12. The highest BCUT2D eigenvalue weighted by atomic mass is 16.1. The van der Waals surface area contributed by atoms with Gasteiger partial charge in [0.1, 0.15) is 5.82 Å². The van der Waals surface area contributed by atoms with Crippen LogP contribution in [-0.4, -0.2) is 21.3 Å². The highest BCUT2D eigenvalue weighted by molar-refractivity contribution is 5.84. The normalized spacial score (nSPS) is 11.2. The molecule has 0 bridgehead atoms. The van der Waals surface area contributed by atoms with E-state index in [-0.39, 0.29) is 5.56 Å². The van der Waals surface area contributed by atoms with E-state index in [1.807, 2.05) is 37.3 Å². The third-order valence-corrected chi connectivity index (χ3v) is 2.91. The maximum Gasteiger partial charge on any atom is 0.280 e. The average Bonchev–Trinajstić information content (AvgIpc) is 2.66. The van der Waals surface area contributed by atoms with E-state index in [1.165, 1.54) is 4.52 Å². The van der Waals surface area contributed by atoms with Crippen LogP contribution in [0, 0.1) is 6.92 Å². The molecule has 5 nitrogen and oxygen atoms in total. The molecule has 0 amide bonds. The summed E-state index contributed by atoms with van der Waals surface area (Å²) in [5.74, 6) is 0.750. The Bertz CT molecular complexity index is 769. The Morgan fingerprint density at radius 3 is 2.82 bits per heavy atom. The molecule has 86 valence electrons. The molecule has 3 aromatic rings. The van der Waals surface area contributed by atoms with E-state index < -0.39 is 0 Å². The number of nitrogens with one attached hydrogen (secondary N) is 1. The Morgan fingerprint density at radius 2 is 2.06 bits per heavy atom. The van der Waals surface area contributed by atoms with Crippen molar-refractivity contribution < 1.29 is 0 Å². The molecule has 0 saturated carbocycles. The summed E-state index contributed by atoms with van der Waals surface area (Å²) in [6.07, 6.45) is 0. The van der Waals surface area contributed by atoms with Crippen LogP contribution in [0.5, 0.6) is 0 Å². The molecule has 2 aromatic heterocycles. The summed E-state index contributed by atoms with van der Waals surface area (Å²) in [5.41, 5.74) is 3.66. The Morgan fingerprint density at radius 1 is 1.29 bits per heavy atom. The van der Waals surface area contributed by atoms with Crippen molar-refractivity contribution in [2.45, 2.75) is 6.92 Å². The fourth-order valence-electron chi connectivity index (χ4n) is 2.12. The summed E-state index contributed by atoms with van der Waals surface area (Å²) in [6, 6.07) is 9.48. The monoisotopic (exact) mass is 228 g/mol. The molecule has 3 rings (SSSR count). The minimum Gasteiger partial charge on any atom is -0.326 e. The fraction of sp³-hybridized carbons (Fsp3) is 0.167. The number of hydrogen-bond acceptors (Lipinski definition) is 3. The molecule has 0 fully saturated rings. The van der Waals surface area contributed by atoms with Crippen molar-refractivity contribution in [2.75, 3.05) is 12.5 Å². The van der Waals surface area contributed by atoms with Crippen molar-refractivity contribution in [2.24, 2.45) is 0 Å². The van der Waals surface area contributed by atoms with Gasteiger partial charge in [-0.3, -0.25) is 4.79 Å². The van der Waals surface area contributed by atoms with Crippen LogP contribution in [0.25, 0.3) is 16.4 Å². The third-order valence-electron chi connectivity index (χ3n) is 2.91. The first-order valence-electron chi connectivity index (χ1n) is 5.40. The third kappa shape index (κ3) is 1.25. The van der Waals surface area contributed by atoms with E-state index in [1.54, 1.807) is 11.7 Å². The van der Waals surface area contributed by atoms with Crippen molar-refractivity contribution in [1.82, 2.24) is 14.3 Å². The van der Waals surface area contributed by atoms with Crippen LogP contribution in [-0.2, 0) is 0 Å². The molecule has 0 saturated heterocycles. The summed E-state index contributed by atoms with van der Waals surface area (Å²) < 4.78 is 3.21. The fourth-order valence-corrected chi connectivity index (χ4v) is 2.12. The lowest BCUT2D eigenvalue weighted by molar-refractivity contribution is 0.875. The standard InChI is InChI=1S/C12H12N4O/c1-8-14-16-11(15(8)13-2)7-9-5-3-4-6-10(9)12(16)17/h3-7,13H,1-2H3. The minimum absolute atomic E-state index is 0.0878. The summed E-state index contributed by atoms with van der Waals surface area (Å²) in [5, 5.41) is 5.85. The van der Waals surface area contributed by atoms with Crippen molar-refractivity contribution in [3.05, 3.63) is 46.5 Å². The van der Waals surface area contributed by atoms with Crippen molar-refractivity contribution in [3.63, 3.8) is 0 Å². The van der Waals surface area contributed by atoms with E-state index in [0.29, 0.717) is 5.39 Å². The van der Waals surface area contributed by atoms with Crippen LogP contribution in [0.3, 0.4) is 0 Å². The molecule has 0 atom stereocenters. The molecule has 0 radical (unpaired) electrons. The average molecular weight is 228 g/mol. The Kier molecular flexibility index (Phi) is 1.95. The Hall–Kier alpha value is -2.30. The van der Waals surface area contributed by atoms with E-state index in [9.17, 15) is 4.79 Å². The lowest BCUT2D eigenvalue weighted by Gasteiger charge is -2.04. The van der Waals surface area contributed by atoms with Crippen molar-refractivity contribution >= 4 is 16.4 Å². The van der Waals surface area contributed by atoms with E-state index in [4.69, 9.17) is 0 Å². The molecular weight excluding hydrogens is 216 g/mol. The van der Waals surface area contributed by atoms with Gasteiger partial charge in [0.25, 0.3) is 5.56 Å². The van der Waals surface area contributed by atoms with E-state index in [2.05, 4.69) is 10.5 Å². The lowest BCUT2D eigenvalue weighted by Crippen LogP contribution is -2.16. The zero-order valence-corrected chi connectivity index (χ0v) is 9.64. The molecular formula is C12H12N4O. The van der Waals surface area contributed by atoms with E-state index in [0.717, 1.165) is 16.9 Å². The molecule has 1 aromatic carbocycles. The minimum atomic E-state index is -0.0878. The zero-order chi connectivity index (χ0) is 12.0. The summed E-state index contributed by atoms with van der Waals surface area (Å²) in [4.78, 5) is 12.2. The second kappa shape index (κ2) is 3.35. The summed E-state index contributed by atoms with van der Waals surface area (Å²) in [6.45, 7) is 1.85. The zero-order valence-electron chi connectivity index (χ0n) is 9.64. The molecule has 0 aliphatic heterocycles. The molecule has 0 spiro atoms. The summed E-state index contributed by atoms with van der Waals surface area (Å²) >= 11 is 0. The number of nitrogens with zero attached hydrogens (tertiary/aromatic N) is 3. The molecule has 0 aliphatic carbocycles. The van der Waals surface area contributed by atoms with Gasteiger partial charge in [-0.15, -0.1) is 5.10 Å². The molecule has 0 aliphatic rings. The van der Waals surface area contributed by atoms with Crippen LogP contribution in [0.4, 0.5) is 0 Å². The number of rotatable bonds is 1. The van der Waals surface area contributed by atoms with Gasteiger partial charge in [0.2, 0.25) is 0 Å². The second-order valence-corrected chi connectivity index (χ2v) is 3.91. The number of benzene rings is 1. The maximum absolute atomic E-state index is 12.2. The molecule has 5 heteroatoms. The van der Waals surface area contributed by atoms with Crippen molar-refractivity contribution in [1.29, 1.82) is 0 Å². The topological polar surface area (TPSA) is 51.3 Å². The van der Waals surface area contributed by atoms with Gasteiger partial charge in [0.15, 0.2) is 5.65 Å². The molecule has 1 N–H and O–H groups in total. The van der Waals surface area contributed by atoms with Crippen molar-refractivity contribution in [3.8, 4) is 0 Å². The molecule has 0 unspecified atom stereocenters. The van der Waals surface area contributed by atoms with Gasteiger partial charge >= 0.3 is 0 Å². The van der Waals surface area contributed by atoms with Crippen LogP contribution < -0.4 is 11.0 Å². The van der Waals surface area contributed by atoms with Crippen LogP contribution in [0.15, 0.2) is 35.1 Å². The van der Waals surface area contributed by atoms with Gasteiger partial charge < -0.3 is 5.43 Å². The van der Waals surface area contributed by atoms with Gasteiger partial charge in [-0.25, -0.2) is 4.68 Å². The van der Waals surface area contributed by atoms with Gasteiger partial charge in [-0.05, 0) is 24.4 Å². The smallest absolute Gasteiger partial charge is 0.280 e. The van der Waals surface area contributed by atoms with Crippen LogP contribution in [0.1, 0.15) is 5.82 Å². The number of aryl methyl sites for hydroxylation is 1. The number of aromatic nitrogens is 3. The lowest BCUT2D eigenvalue weighted by atomic mass is 10.2. The number of hydrogen-bond donors (Lipinski definition) is 1. The van der Waals surface area contributed by atoms with Gasteiger partial charge in [-0.1, -0.05) is 18.2 Å². The van der Waals surface area contributed by atoms with E-state index >= 15 is 0 Å².